The van der Waals surface area contributed by atoms with Crippen LogP contribution in [-0.2, 0) is 21.4 Å². The topological polar surface area (TPSA) is 84.9 Å². The second-order valence-corrected chi connectivity index (χ2v) is 8.87. The maximum Gasteiger partial charge on any atom is 0.232 e. The first-order chi connectivity index (χ1) is 15.2. The summed E-state index contributed by atoms with van der Waals surface area (Å²) >= 11 is 0. The van der Waals surface area contributed by atoms with Gasteiger partial charge in [-0.05, 0) is 50.1 Å². The van der Waals surface area contributed by atoms with E-state index in [0.29, 0.717) is 24.7 Å². The van der Waals surface area contributed by atoms with E-state index >= 15 is 0 Å². The Bertz CT molecular complexity index is 1030. The molecule has 0 aliphatic carbocycles. The summed E-state index contributed by atoms with van der Waals surface area (Å²) < 4.78 is 62.8. The Morgan fingerprint density at radius 2 is 1.69 bits per heavy atom. The molecule has 1 N–H and O–H groups in total. The summed E-state index contributed by atoms with van der Waals surface area (Å²) in [6, 6.07) is 8.26. The summed E-state index contributed by atoms with van der Waals surface area (Å²) in [5.74, 6) is -1.26. The number of benzene rings is 2. The lowest BCUT2D eigenvalue weighted by Crippen LogP contribution is -2.32. The molecule has 0 aromatic heterocycles. The summed E-state index contributed by atoms with van der Waals surface area (Å²) in [5.41, 5.74) is 0.828. The van der Waals surface area contributed by atoms with E-state index in [0.717, 1.165) is 28.3 Å². The van der Waals surface area contributed by atoms with Crippen molar-refractivity contribution in [2.24, 2.45) is 0 Å². The highest BCUT2D eigenvalue weighted by Gasteiger charge is 2.19. The predicted octanol–water partition coefficient (Wildman–Crippen LogP) is 3.62. The number of halogens is 2. The van der Waals surface area contributed by atoms with Crippen LogP contribution in [0.5, 0.6) is 11.5 Å². The maximum absolute atomic E-state index is 13.5. The summed E-state index contributed by atoms with van der Waals surface area (Å²) in [4.78, 5) is 12.2. The molecule has 0 saturated heterocycles. The zero-order valence-corrected chi connectivity index (χ0v) is 19.2. The number of carbonyl (C=O) groups excluding carboxylic acids is 1. The average Bonchev–Trinajstić information content (AvgIpc) is 2.73. The van der Waals surface area contributed by atoms with E-state index in [1.165, 1.54) is 6.07 Å². The van der Waals surface area contributed by atoms with E-state index in [2.05, 4.69) is 5.32 Å². The molecule has 2 rings (SSSR count). The van der Waals surface area contributed by atoms with Crippen molar-refractivity contribution in [3.63, 3.8) is 0 Å². The minimum atomic E-state index is -3.73. The van der Waals surface area contributed by atoms with Crippen LogP contribution in [0.2, 0.25) is 0 Å². The van der Waals surface area contributed by atoms with Crippen LogP contribution in [0.1, 0.15) is 32.3 Å². The monoisotopic (exact) mass is 470 g/mol. The van der Waals surface area contributed by atoms with Crippen molar-refractivity contribution in [2.75, 3.05) is 30.3 Å². The third-order valence-electron chi connectivity index (χ3n) is 4.45. The minimum absolute atomic E-state index is 0.00431. The van der Waals surface area contributed by atoms with Crippen LogP contribution in [0, 0.1) is 11.6 Å². The van der Waals surface area contributed by atoms with E-state index in [1.54, 1.807) is 12.1 Å². The first kappa shape index (κ1) is 25.4. The van der Waals surface area contributed by atoms with Gasteiger partial charge in [-0.3, -0.25) is 9.10 Å². The third-order valence-corrected chi connectivity index (χ3v) is 5.65. The number of sulfonamides is 1. The number of carbonyl (C=O) groups is 1. The number of amides is 1. The Hall–Kier alpha value is -2.88. The fraction of sp³-hybridized carbons (Fsp3) is 0.409. The van der Waals surface area contributed by atoms with Gasteiger partial charge in [0.2, 0.25) is 15.9 Å². The lowest BCUT2D eigenvalue weighted by molar-refractivity contribution is -0.121. The normalized spacial score (nSPS) is 11.2. The first-order valence-corrected chi connectivity index (χ1v) is 12.1. The zero-order chi connectivity index (χ0) is 23.7. The van der Waals surface area contributed by atoms with Crippen molar-refractivity contribution in [3.8, 4) is 11.5 Å². The van der Waals surface area contributed by atoms with Gasteiger partial charge in [0.25, 0.3) is 0 Å². The molecule has 7 nitrogen and oxygen atoms in total. The van der Waals surface area contributed by atoms with Crippen molar-refractivity contribution >= 4 is 21.6 Å². The average molecular weight is 471 g/mol. The molecule has 0 bridgehead atoms. The number of rotatable bonds is 12. The summed E-state index contributed by atoms with van der Waals surface area (Å²) in [5, 5.41) is 2.78. The summed E-state index contributed by atoms with van der Waals surface area (Å²) in [7, 11) is -3.73. The van der Waals surface area contributed by atoms with E-state index in [4.69, 9.17) is 9.47 Å². The third kappa shape index (κ3) is 7.37. The lowest BCUT2D eigenvalue weighted by Gasteiger charge is -2.22. The molecule has 32 heavy (non-hydrogen) atoms. The summed E-state index contributed by atoms with van der Waals surface area (Å²) in [6.07, 6.45) is 1.23. The number of hydrogen-bond donors (Lipinski definition) is 1. The largest absolute Gasteiger partial charge is 0.490 e. The molecule has 2 aromatic rings. The fourth-order valence-corrected chi connectivity index (χ4v) is 3.96. The highest BCUT2D eigenvalue weighted by molar-refractivity contribution is 7.92. The molecule has 10 heteroatoms. The Labute approximate surface area is 187 Å². The lowest BCUT2D eigenvalue weighted by atomic mass is 10.2. The van der Waals surface area contributed by atoms with Gasteiger partial charge in [-0.25, -0.2) is 17.2 Å². The van der Waals surface area contributed by atoms with Gasteiger partial charge in [0.1, 0.15) is 0 Å². The molecule has 0 atom stereocenters. The molecule has 2 aromatic carbocycles. The van der Waals surface area contributed by atoms with Crippen LogP contribution in [0.3, 0.4) is 0 Å². The molecule has 0 aliphatic heterocycles. The fourth-order valence-electron chi connectivity index (χ4n) is 3.00. The second kappa shape index (κ2) is 11.7. The maximum atomic E-state index is 13.5. The Kier molecular flexibility index (Phi) is 9.25. The smallest absolute Gasteiger partial charge is 0.232 e. The molecule has 1 amide bonds. The highest BCUT2D eigenvalue weighted by Crippen LogP contribution is 2.28. The number of nitrogens with zero attached hydrogens (tertiary/aromatic N) is 1. The van der Waals surface area contributed by atoms with Crippen molar-refractivity contribution in [2.45, 2.75) is 33.2 Å². The van der Waals surface area contributed by atoms with Crippen molar-refractivity contribution in [1.29, 1.82) is 0 Å². The van der Waals surface area contributed by atoms with Crippen LogP contribution < -0.4 is 19.1 Å². The van der Waals surface area contributed by atoms with Crippen LogP contribution in [-0.4, -0.2) is 40.3 Å². The van der Waals surface area contributed by atoms with Crippen molar-refractivity contribution in [3.05, 3.63) is 53.6 Å². The van der Waals surface area contributed by atoms with Gasteiger partial charge < -0.3 is 14.8 Å². The Balaban J connectivity index is 1.93. The van der Waals surface area contributed by atoms with Crippen LogP contribution in [0.25, 0.3) is 0 Å². The minimum Gasteiger partial charge on any atom is -0.490 e. The number of hydrogen-bond acceptors (Lipinski definition) is 5. The molecule has 0 unspecified atom stereocenters. The van der Waals surface area contributed by atoms with Crippen LogP contribution in [0.4, 0.5) is 14.5 Å². The Morgan fingerprint density at radius 1 is 1.00 bits per heavy atom. The molecule has 0 radical (unpaired) electrons. The Morgan fingerprint density at radius 3 is 2.31 bits per heavy atom. The second-order valence-electron chi connectivity index (χ2n) is 6.96. The van der Waals surface area contributed by atoms with Crippen LogP contribution in [0.15, 0.2) is 36.4 Å². The van der Waals surface area contributed by atoms with Gasteiger partial charge in [0.15, 0.2) is 23.1 Å². The SMILES string of the molecule is CCOc1ccc(CNC(=O)CCCN(c2ccc(F)c(F)c2)S(C)(=O)=O)cc1OCC. The quantitative estimate of drug-likeness (QED) is 0.512. The number of ether oxygens (including phenoxy) is 2. The zero-order valence-electron chi connectivity index (χ0n) is 18.4. The van der Waals surface area contributed by atoms with Crippen molar-refractivity contribution in [1.82, 2.24) is 5.32 Å². The van der Waals surface area contributed by atoms with E-state index in [9.17, 15) is 22.0 Å². The summed E-state index contributed by atoms with van der Waals surface area (Å²) in [6.45, 7) is 4.95. The standard InChI is InChI=1S/C22H28F2N2O5S/c1-4-30-20-11-8-16(13-21(20)31-5-2)15-25-22(27)7-6-12-26(32(3,28)29)17-9-10-18(23)19(24)14-17/h8-11,13-14H,4-7,12,15H2,1-3H3,(H,25,27). The van der Waals surface area contributed by atoms with Gasteiger partial charge in [0, 0.05) is 25.6 Å². The molecule has 0 spiro atoms. The molecule has 0 fully saturated rings. The highest BCUT2D eigenvalue weighted by atomic mass is 32.2. The van der Waals surface area contributed by atoms with E-state index < -0.39 is 21.7 Å². The molecule has 0 heterocycles. The molecular weight excluding hydrogens is 442 g/mol. The van der Waals surface area contributed by atoms with Gasteiger partial charge in [-0.15, -0.1) is 0 Å². The van der Waals surface area contributed by atoms with E-state index in [1.807, 2.05) is 19.9 Å². The first-order valence-electron chi connectivity index (χ1n) is 10.2. The number of nitrogens with one attached hydrogen (secondary N) is 1. The molecular formula is C22H28F2N2O5S. The molecule has 176 valence electrons. The predicted molar refractivity (Wildman–Crippen MR) is 118 cm³/mol. The van der Waals surface area contributed by atoms with Gasteiger partial charge in [0.05, 0.1) is 25.2 Å². The van der Waals surface area contributed by atoms with Gasteiger partial charge in [-0.2, -0.15) is 0 Å². The van der Waals surface area contributed by atoms with Crippen LogP contribution >= 0.6 is 0 Å². The van der Waals surface area contributed by atoms with Crippen molar-refractivity contribution < 1.29 is 31.5 Å². The van der Waals surface area contributed by atoms with Gasteiger partial charge in [-0.1, -0.05) is 6.07 Å². The van der Waals surface area contributed by atoms with E-state index in [-0.39, 0.29) is 37.5 Å². The molecule has 0 aliphatic rings. The number of anilines is 1. The van der Waals surface area contributed by atoms with Gasteiger partial charge >= 0.3 is 0 Å². The molecule has 0 saturated carbocycles.